The highest BCUT2D eigenvalue weighted by Crippen LogP contribution is 2.28. The Hall–Kier alpha value is -1.16. The molecule has 1 aromatic rings. The van der Waals surface area contributed by atoms with Crippen molar-refractivity contribution in [1.29, 1.82) is 5.26 Å². The molecule has 0 heterocycles. The number of aryl methyl sites for hydroxylation is 1. The van der Waals surface area contributed by atoms with Gasteiger partial charge in [0.05, 0.1) is 21.0 Å². The van der Waals surface area contributed by atoms with Crippen molar-refractivity contribution in [3.63, 3.8) is 0 Å². The Morgan fingerprint density at radius 2 is 2.29 bits per heavy atom. The molecule has 0 bridgehead atoms. The Balaban J connectivity index is 3.35. The maximum atomic E-state index is 10.7. The van der Waals surface area contributed by atoms with E-state index >= 15 is 0 Å². The fourth-order valence-electron chi connectivity index (χ4n) is 1.15. The third kappa shape index (κ3) is 2.01. The Morgan fingerprint density at radius 3 is 2.79 bits per heavy atom. The van der Waals surface area contributed by atoms with Crippen LogP contribution < -0.4 is 0 Å². The number of hydrogen-bond donors (Lipinski definition) is 0. The first-order chi connectivity index (χ1) is 6.57. The smallest absolute Gasteiger partial charge is 0.258 e. The van der Waals surface area contributed by atoms with Gasteiger partial charge in [-0.2, -0.15) is 5.26 Å². The monoisotopic (exact) mass is 302 g/mol. The molecule has 0 unspecified atom stereocenters. The van der Waals surface area contributed by atoms with Crippen LogP contribution in [0, 0.1) is 31.9 Å². The molecule has 0 fully saturated rings. The Labute approximate surface area is 94.8 Å². The van der Waals surface area contributed by atoms with Crippen molar-refractivity contribution < 1.29 is 4.92 Å². The summed E-state index contributed by atoms with van der Waals surface area (Å²) < 4.78 is 0.564. The molecule has 4 nitrogen and oxygen atoms in total. The molecule has 0 amide bonds. The van der Waals surface area contributed by atoms with Crippen molar-refractivity contribution >= 4 is 28.3 Å². The van der Waals surface area contributed by atoms with Crippen LogP contribution in [-0.2, 0) is 6.42 Å². The van der Waals surface area contributed by atoms with Crippen LogP contribution in [0.2, 0.25) is 0 Å². The number of rotatable bonds is 2. The fourth-order valence-corrected chi connectivity index (χ4v) is 2.14. The highest BCUT2D eigenvalue weighted by Gasteiger charge is 2.18. The van der Waals surface area contributed by atoms with E-state index in [9.17, 15) is 10.1 Å². The maximum absolute atomic E-state index is 10.7. The molecule has 0 aliphatic heterocycles. The topological polar surface area (TPSA) is 66.9 Å². The van der Waals surface area contributed by atoms with E-state index in [-0.39, 0.29) is 12.1 Å². The van der Waals surface area contributed by atoms with Crippen molar-refractivity contribution in [2.75, 3.05) is 0 Å². The zero-order valence-electron chi connectivity index (χ0n) is 7.45. The second-order valence-corrected chi connectivity index (χ2v) is 3.87. The van der Waals surface area contributed by atoms with Gasteiger partial charge in [0.2, 0.25) is 0 Å². The number of nitro groups is 1. The number of hydrogen-bond acceptors (Lipinski definition) is 3. The molecular weight excluding hydrogens is 295 g/mol. The van der Waals surface area contributed by atoms with E-state index in [1.807, 2.05) is 28.7 Å². The standard InChI is InChI=1S/C9H7IN2O2/c1-6-2-3-7(4-5-11)8(10)9(6)12(13)14/h2-3H,4H2,1H3. The molecule has 0 aliphatic carbocycles. The minimum Gasteiger partial charge on any atom is -0.258 e. The largest absolute Gasteiger partial charge is 0.285 e. The van der Waals surface area contributed by atoms with Crippen LogP contribution in [0.1, 0.15) is 11.1 Å². The molecular formula is C9H7IN2O2. The lowest BCUT2D eigenvalue weighted by Crippen LogP contribution is -1.98. The van der Waals surface area contributed by atoms with Gasteiger partial charge in [-0.25, -0.2) is 0 Å². The number of nitrogens with zero attached hydrogens (tertiary/aromatic N) is 2. The van der Waals surface area contributed by atoms with Crippen molar-refractivity contribution in [1.82, 2.24) is 0 Å². The van der Waals surface area contributed by atoms with Crippen LogP contribution in [0.5, 0.6) is 0 Å². The van der Waals surface area contributed by atoms with Crippen molar-refractivity contribution in [2.24, 2.45) is 0 Å². The summed E-state index contributed by atoms with van der Waals surface area (Å²) in [7, 11) is 0. The predicted molar refractivity (Wildman–Crippen MR) is 59.9 cm³/mol. The lowest BCUT2D eigenvalue weighted by molar-refractivity contribution is -0.386. The molecule has 1 aromatic carbocycles. The van der Waals surface area contributed by atoms with Gasteiger partial charge in [-0.3, -0.25) is 10.1 Å². The van der Waals surface area contributed by atoms with E-state index in [1.165, 1.54) is 0 Å². The summed E-state index contributed by atoms with van der Waals surface area (Å²) in [5.41, 5.74) is 1.45. The summed E-state index contributed by atoms with van der Waals surface area (Å²) in [4.78, 5) is 10.3. The summed E-state index contributed by atoms with van der Waals surface area (Å²) in [6.45, 7) is 1.69. The van der Waals surface area contributed by atoms with E-state index < -0.39 is 4.92 Å². The molecule has 5 heteroatoms. The van der Waals surface area contributed by atoms with E-state index in [0.29, 0.717) is 14.7 Å². The van der Waals surface area contributed by atoms with Gasteiger partial charge >= 0.3 is 0 Å². The van der Waals surface area contributed by atoms with Crippen LogP contribution in [0.15, 0.2) is 12.1 Å². The zero-order valence-corrected chi connectivity index (χ0v) is 9.61. The molecule has 1 rings (SSSR count). The third-order valence-corrected chi connectivity index (χ3v) is 3.05. The molecule has 14 heavy (non-hydrogen) atoms. The van der Waals surface area contributed by atoms with Gasteiger partial charge in [-0.05, 0) is 35.1 Å². The molecule has 0 spiro atoms. The first kappa shape index (κ1) is 10.9. The van der Waals surface area contributed by atoms with Crippen LogP contribution in [0.4, 0.5) is 5.69 Å². The SMILES string of the molecule is Cc1ccc(CC#N)c(I)c1[N+](=O)[O-]. The molecule has 0 saturated heterocycles. The highest BCUT2D eigenvalue weighted by molar-refractivity contribution is 14.1. The van der Waals surface area contributed by atoms with Gasteiger partial charge in [0.15, 0.2) is 0 Å². The van der Waals surface area contributed by atoms with Gasteiger partial charge in [0.25, 0.3) is 5.69 Å². The van der Waals surface area contributed by atoms with Crippen molar-refractivity contribution in [3.05, 3.63) is 36.9 Å². The summed E-state index contributed by atoms with van der Waals surface area (Å²) in [6, 6.07) is 5.41. The minimum atomic E-state index is -0.405. The summed E-state index contributed by atoms with van der Waals surface area (Å²) in [5.74, 6) is 0. The number of benzene rings is 1. The minimum absolute atomic E-state index is 0.110. The summed E-state index contributed by atoms with van der Waals surface area (Å²) in [6.07, 6.45) is 0.208. The van der Waals surface area contributed by atoms with Crippen LogP contribution in [0.25, 0.3) is 0 Å². The van der Waals surface area contributed by atoms with Crippen LogP contribution in [0.3, 0.4) is 0 Å². The van der Waals surface area contributed by atoms with E-state index in [0.717, 1.165) is 0 Å². The molecule has 72 valence electrons. The third-order valence-electron chi connectivity index (χ3n) is 1.85. The molecule has 0 radical (unpaired) electrons. The zero-order chi connectivity index (χ0) is 10.7. The normalized spacial score (nSPS) is 9.50. The highest BCUT2D eigenvalue weighted by atomic mass is 127. The lowest BCUT2D eigenvalue weighted by Gasteiger charge is -2.03. The summed E-state index contributed by atoms with van der Waals surface area (Å²) in [5, 5.41) is 19.2. The van der Waals surface area contributed by atoms with E-state index in [1.54, 1.807) is 19.1 Å². The van der Waals surface area contributed by atoms with Crippen molar-refractivity contribution in [3.8, 4) is 6.07 Å². The average molecular weight is 302 g/mol. The Kier molecular flexibility index (Phi) is 3.41. The lowest BCUT2D eigenvalue weighted by atomic mass is 10.1. The van der Waals surface area contributed by atoms with Crippen LogP contribution >= 0.6 is 22.6 Å². The summed E-state index contributed by atoms with van der Waals surface area (Å²) >= 11 is 1.91. The van der Waals surface area contributed by atoms with Crippen LogP contribution in [-0.4, -0.2) is 4.92 Å². The average Bonchev–Trinajstić information content (AvgIpc) is 2.10. The Morgan fingerprint density at radius 1 is 1.64 bits per heavy atom. The first-order valence-electron chi connectivity index (χ1n) is 3.87. The quantitative estimate of drug-likeness (QED) is 0.479. The molecule has 0 N–H and O–H groups in total. The predicted octanol–water partition coefficient (Wildman–Crippen LogP) is 2.57. The van der Waals surface area contributed by atoms with Gasteiger partial charge in [-0.1, -0.05) is 12.1 Å². The number of nitriles is 1. The molecule has 0 aromatic heterocycles. The first-order valence-corrected chi connectivity index (χ1v) is 4.95. The van der Waals surface area contributed by atoms with Gasteiger partial charge in [0, 0.05) is 5.56 Å². The number of nitro benzene ring substituents is 1. The van der Waals surface area contributed by atoms with Crippen molar-refractivity contribution in [2.45, 2.75) is 13.3 Å². The second-order valence-electron chi connectivity index (χ2n) is 2.80. The fraction of sp³-hybridized carbons (Fsp3) is 0.222. The van der Waals surface area contributed by atoms with E-state index in [2.05, 4.69) is 0 Å². The molecule has 0 atom stereocenters. The second kappa shape index (κ2) is 4.37. The molecule has 0 saturated carbocycles. The Bertz CT molecular complexity index is 424. The maximum Gasteiger partial charge on any atom is 0.285 e. The van der Waals surface area contributed by atoms with E-state index in [4.69, 9.17) is 5.26 Å². The van der Waals surface area contributed by atoms with Gasteiger partial charge in [-0.15, -0.1) is 0 Å². The molecule has 0 aliphatic rings. The van der Waals surface area contributed by atoms with Gasteiger partial charge in [0.1, 0.15) is 0 Å². The number of halogens is 1. The van der Waals surface area contributed by atoms with Gasteiger partial charge < -0.3 is 0 Å².